The van der Waals surface area contributed by atoms with Gasteiger partial charge >= 0.3 is 5.97 Å². The number of hydrogen-bond donors (Lipinski definition) is 1. The number of benzene rings is 1. The fourth-order valence-electron chi connectivity index (χ4n) is 1.38. The summed E-state index contributed by atoms with van der Waals surface area (Å²) in [7, 11) is 0. The monoisotopic (exact) mass is 246 g/mol. The molecule has 1 rings (SSSR count). The Balaban J connectivity index is 2.42. The van der Waals surface area contributed by atoms with Gasteiger partial charge in [0.05, 0.1) is 6.61 Å². The zero-order valence-corrected chi connectivity index (χ0v) is 10.5. The van der Waals surface area contributed by atoms with Gasteiger partial charge in [0.1, 0.15) is 0 Å². The summed E-state index contributed by atoms with van der Waals surface area (Å²) in [5, 5.41) is 9.80. The second-order valence-corrected chi connectivity index (χ2v) is 4.11. The molecule has 1 N–H and O–H groups in total. The number of carbonyl (C=O) groups is 1. The minimum atomic E-state index is -1.61. The highest BCUT2D eigenvalue weighted by molar-refractivity contribution is 5.81. The molecule has 0 spiro atoms. The minimum absolute atomic E-state index is 0.251. The number of hydrogen-bond acceptors (Lipinski definition) is 3. The fourth-order valence-corrected chi connectivity index (χ4v) is 1.38. The maximum absolute atomic E-state index is 11.6. The molecule has 3 heteroatoms. The summed E-state index contributed by atoms with van der Waals surface area (Å²) in [6.45, 7) is 5.11. The van der Waals surface area contributed by atoms with Crippen LogP contribution in [0.25, 0.3) is 0 Å². The highest BCUT2D eigenvalue weighted by atomic mass is 16.5. The maximum atomic E-state index is 11.6. The van der Waals surface area contributed by atoms with Crippen LogP contribution in [-0.2, 0) is 16.0 Å². The normalized spacial score (nSPS) is 14.1. The predicted octanol–water partition coefficient (Wildman–Crippen LogP) is 2.27. The highest BCUT2D eigenvalue weighted by Crippen LogP contribution is 2.09. The van der Waals surface area contributed by atoms with Gasteiger partial charge in [-0.1, -0.05) is 49.1 Å². The zero-order valence-electron chi connectivity index (χ0n) is 10.5. The van der Waals surface area contributed by atoms with E-state index >= 15 is 0 Å². The van der Waals surface area contributed by atoms with Gasteiger partial charge in [-0.05, 0) is 18.6 Å². The van der Waals surface area contributed by atoms with Gasteiger partial charge in [0, 0.05) is 6.42 Å². The van der Waals surface area contributed by atoms with Crippen molar-refractivity contribution in [3.05, 3.63) is 60.7 Å². The molecular weight excluding hydrogens is 228 g/mol. The third-order valence-electron chi connectivity index (χ3n) is 2.44. The average molecular weight is 246 g/mol. The van der Waals surface area contributed by atoms with Crippen LogP contribution in [-0.4, -0.2) is 23.3 Å². The van der Waals surface area contributed by atoms with Crippen molar-refractivity contribution >= 4 is 5.97 Å². The van der Waals surface area contributed by atoms with Crippen molar-refractivity contribution in [2.24, 2.45) is 0 Å². The van der Waals surface area contributed by atoms with E-state index in [1.807, 2.05) is 30.3 Å². The van der Waals surface area contributed by atoms with E-state index in [9.17, 15) is 9.90 Å². The first kappa shape index (κ1) is 14.2. The molecule has 0 radical (unpaired) electrons. The molecule has 0 fully saturated rings. The van der Waals surface area contributed by atoms with Crippen LogP contribution >= 0.6 is 0 Å². The summed E-state index contributed by atoms with van der Waals surface area (Å²) in [6.07, 6.45) is 4.99. The second kappa shape index (κ2) is 6.77. The number of rotatable bonds is 6. The van der Waals surface area contributed by atoms with Gasteiger partial charge in [0.25, 0.3) is 0 Å². The average Bonchev–Trinajstić information content (AvgIpc) is 2.37. The fraction of sp³-hybridized carbons (Fsp3) is 0.267. The first-order valence-electron chi connectivity index (χ1n) is 5.80. The van der Waals surface area contributed by atoms with Gasteiger partial charge < -0.3 is 9.84 Å². The molecule has 1 aromatic carbocycles. The molecule has 0 saturated heterocycles. The third kappa shape index (κ3) is 4.55. The molecule has 0 saturated carbocycles. The molecule has 3 nitrogen and oxygen atoms in total. The van der Waals surface area contributed by atoms with Crippen LogP contribution in [0.15, 0.2) is 55.1 Å². The van der Waals surface area contributed by atoms with Crippen molar-refractivity contribution in [3.63, 3.8) is 0 Å². The Hall–Kier alpha value is -1.87. The van der Waals surface area contributed by atoms with Crippen LogP contribution in [0, 0.1) is 0 Å². The summed E-state index contributed by atoms with van der Waals surface area (Å²) < 4.78 is 5.03. The summed E-state index contributed by atoms with van der Waals surface area (Å²) >= 11 is 0. The van der Waals surface area contributed by atoms with Gasteiger partial charge in [-0.25, -0.2) is 4.79 Å². The van der Waals surface area contributed by atoms with Gasteiger partial charge in [-0.3, -0.25) is 0 Å². The second-order valence-electron chi connectivity index (χ2n) is 4.11. The SMILES string of the molecule is C=CC=CC(C)(O)C(=O)OCCc1ccccc1. The van der Waals surface area contributed by atoms with Crippen LogP contribution in [0.3, 0.4) is 0 Å². The van der Waals surface area contributed by atoms with Crippen molar-refractivity contribution in [2.45, 2.75) is 18.9 Å². The molecule has 96 valence electrons. The topological polar surface area (TPSA) is 46.5 Å². The van der Waals surface area contributed by atoms with E-state index < -0.39 is 11.6 Å². The largest absolute Gasteiger partial charge is 0.463 e. The molecule has 0 heterocycles. The van der Waals surface area contributed by atoms with Crippen LogP contribution in [0.2, 0.25) is 0 Å². The van der Waals surface area contributed by atoms with Crippen LogP contribution in [0.4, 0.5) is 0 Å². The lowest BCUT2D eigenvalue weighted by molar-refractivity contribution is -0.158. The van der Waals surface area contributed by atoms with Gasteiger partial charge in [0.2, 0.25) is 0 Å². The van der Waals surface area contributed by atoms with E-state index in [2.05, 4.69) is 6.58 Å². The number of aliphatic hydroxyl groups is 1. The van der Waals surface area contributed by atoms with Crippen LogP contribution < -0.4 is 0 Å². The highest BCUT2D eigenvalue weighted by Gasteiger charge is 2.28. The van der Waals surface area contributed by atoms with E-state index in [0.717, 1.165) is 5.56 Å². The Labute approximate surface area is 107 Å². The van der Waals surface area contributed by atoms with Crippen LogP contribution in [0.5, 0.6) is 0 Å². The molecule has 1 aromatic rings. The van der Waals surface area contributed by atoms with Gasteiger partial charge in [-0.15, -0.1) is 0 Å². The summed E-state index contributed by atoms with van der Waals surface area (Å²) in [6, 6.07) is 9.72. The van der Waals surface area contributed by atoms with E-state index in [4.69, 9.17) is 4.74 Å². The standard InChI is InChI=1S/C15H18O3/c1-3-4-11-15(2,17)14(16)18-12-10-13-8-6-5-7-9-13/h3-9,11,17H,1,10,12H2,2H3. The lowest BCUT2D eigenvalue weighted by Crippen LogP contribution is -2.35. The molecule has 0 aliphatic heterocycles. The quantitative estimate of drug-likeness (QED) is 0.618. The lowest BCUT2D eigenvalue weighted by Gasteiger charge is -2.17. The summed E-state index contributed by atoms with van der Waals surface area (Å²) in [5.41, 5.74) is -0.517. The van der Waals surface area contributed by atoms with E-state index in [1.54, 1.807) is 0 Å². The van der Waals surface area contributed by atoms with Crippen molar-refractivity contribution in [1.29, 1.82) is 0 Å². The van der Waals surface area contributed by atoms with Crippen LogP contribution in [0.1, 0.15) is 12.5 Å². The molecule has 1 atom stereocenters. The number of ether oxygens (including phenoxy) is 1. The molecule has 0 aliphatic carbocycles. The zero-order chi connectivity index (χ0) is 13.4. The molecule has 1 unspecified atom stereocenters. The predicted molar refractivity (Wildman–Crippen MR) is 71.1 cm³/mol. The van der Waals surface area contributed by atoms with E-state index in [0.29, 0.717) is 6.42 Å². The third-order valence-corrected chi connectivity index (χ3v) is 2.44. The Morgan fingerprint density at radius 1 is 1.44 bits per heavy atom. The smallest absolute Gasteiger partial charge is 0.341 e. The lowest BCUT2D eigenvalue weighted by atomic mass is 10.1. The first-order valence-corrected chi connectivity index (χ1v) is 5.80. The molecule has 0 aliphatic rings. The maximum Gasteiger partial charge on any atom is 0.341 e. The Bertz CT molecular complexity index is 419. The Morgan fingerprint density at radius 2 is 2.11 bits per heavy atom. The molecular formula is C15H18O3. The Morgan fingerprint density at radius 3 is 2.72 bits per heavy atom. The number of esters is 1. The van der Waals surface area contributed by atoms with Gasteiger partial charge in [-0.2, -0.15) is 0 Å². The molecule has 0 amide bonds. The van der Waals surface area contributed by atoms with Crippen molar-refractivity contribution in [3.8, 4) is 0 Å². The van der Waals surface area contributed by atoms with Crippen molar-refractivity contribution in [1.82, 2.24) is 0 Å². The van der Waals surface area contributed by atoms with Crippen molar-refractivity contribution in [2.75, 3.05) is 6.61 Å². The molecule has 0 bridgehead atoms. The Kier molecular flexibility index (Phi) is 5.33. The minimum Gasteiger partial charge on any atom is -0.463 e. The van der Waals surface area contributed by atoms with Gasteiger partial charge in [0.15, 0.2) is 5.60 Å². The van der Waals surface area contributed by atoms with E-state index in [-0.39, 0.29) is 6.61 Å². The number of carbonyl (C=O) groups excluding carboxylic acids is 1. The molecule has 18 heavy (non-hydrogen) atoms. The summed E-state index contributed by atoms with van der Waals surface area (Å²) in [4.78, 5) is 11.6. The number of allylic oxidation sites excluding steroid dienone is 2. The first-order chi connectivity index (χ1) is 8.56. The summed E-state index contributed by atoms with van der Waals surface area (Å²) in [5.74, 6) is -0.656. The van der Waals surface area contributed by atoms with E-state index in [1.165, 1.54) is 25.2 Å². The molecule has 0 aromatic heterocycles. The van der Waals surface area contributed by atoms with Crippen molar-refractivity contribution < 1.29 is 14.6 Å².